The van der Waals surface area contributed by atoms with Crippen LogP contribution in [-0.2, 0) is 11.3 Å². The van der Waals surface area contributed by atoms with Gasteiger partial charge in [-0.15, -0.1) is 0 Å². The van der Waals surface area contributed by atoms with Crippen molar-refractivity contribution in [3.05, 3.63) is 35.8 Å². The van der Waals surface area contributed by atoms with E-state index >= 15 is 0 Å². The molecule has 0 atom stereocenters. The molecule has 0 fully saturated rings. The molecule has 2 heterocycles. The third-order valence-electron chi connectivity index (χ3n) is 2.73. The zero-order valence-electron chi connectivity index (χ0n) is 12.6. The summed E-state index contributed by atoms with van der Waals surface area (Å²) in [6.45, 7) is 5.83. The van der Waals surface area contributed by atoms with Crippen LogP contribution >= 0.6 is 0 Å². The molecule has 21 heavy (non-hydrogen) atoms. The summed E-state index contributed by atoms with van der Waals surface area (Å²) in [5, 5.41) is 8.88. The summed E-state index contributed by atoms with van der Waals surface area (Å²) in [7, 11) is 1.67. The number of rotatable bonds is 2. The van der Waals surface area contributed by atoms with Crippen LogP contribution in [0.3, 0.4) is 0 Å². The first kappa shape index (κ1) is 14.9. The van der Waals surface area contributed by atoms with Gasteiger partial charge in [0.1, 0.15) is 17.3 Å². The van der Waals surface area contributed by atoms with E-state index in [1.54, 1.807) is 36.0 Å². The Bertz CT molecular complexity index is 707. The number of nitrogens with zero attached hydrogens (tertiary/aromatic N) is 4. The molecule has 0 N–H and O–H groups in total. The van der Waals surface area contributed by atoms with Crippen molar-refractivity contribution < 1.29 is 9.53 Å². The van der Waals surface area contributed by atoms with E-state index < -0.39 is 11.7 Å². The Morgan fingerprint density at radius 1 is 1.43 bits per heavy atom. The minimum absolute atomic E-state index is 0.346. The van der Waals surface area contributed by atoms with E-state index in [0.717, 1.165) is 11.3 Å². The molecule has 0 spiro atoms. The lowest BCUT2D eigenvalue weighted by molar-refractivity contribution is 0.0283. The fraction of sp³-hybridized carbons (Fsp3) is 0.400. The Balaban J connectivity index is 2.13. The Morgan fingerprint density at radius 3 is 2.76 bits per heavy atom. The maximum atomic E-state index is 11.9. The molecule has 0 aliphatic rings. The molecule has 110 valence electrons. The fourth-order valence-electron chi connectivity index (χ4n) is 1.83. The average molecular weight is 286 g/mol. The smallest absolute Gasteiger partial charge is 0.410 e. The van der Waals surface area contributed by atoms with E-state index in [0.29, 0.717) is 12.1 Å². The molecule has 0 aliphatic heterocycles. The van der Waals surface area contributed by atoms with Crippen molar-refractivity contribution in [2.24, 2.45) is 0 Å². The third kappa shape index (κ3) is 3.72. The molecule has 1 amide bonds. The molecule has 6 heteroatoms. The number of aromatic nitrogens is 2. The summed E-state index contributed by atoms with van der Waals surface area (Å²) in [4.78, 5) is 17.8. The van der Waals surface area contributed by atoms with Crippen molar-refractivity contribution in [3.63, 3.8) is 0 Å². The average Bonchev–Trinajstić information content (AvgIpc) is 2.77. The molecule has 2 aromatic rings. The van der Waals surface area contributed by atoms with Gasteiger partial charge in [-0.2, -0.15) is 5.26 Å². The summed E-state index contributed by atoms with van der Waals surface area (Å²) < 4.78 is 7.07. The van der Waals surface area contributed by atoms with Crippen LogP contribution in [0.15, 0.2) is 24.5 Å². The van der Waals surface area contributed by atoms with Gasteiger partial charge in [-0.1, -0.05) is 0 Å². The first-order chi connectivity index (χ1) is 9.78. The number of carbonyl (C=O) groups is 1. The predicted octanol–water partition coefficient (Wildman–Crippen LogP) is 2.57. The number of amides is 1. The molecular weight excluding hydrogens is 268 g/mol. The van der Waals surface area contributed by atoms with E-state index in [9.17, 15) is 4.79 Å². The summed E-state index contributed by atoms with van der Waals surface area (Å²) in [6, 6.07) is 5.57. The van der Waals surface area contributed by atoms with Crippen LogP contribution < -0.4 is 0 Å². The zero-order valence-corrected chi connectivity index (χ0v) is 12.6. The largest absolute Gasteiger partial charge is 0.444 e. The highest BCUT2D eigenvalue weighted by Crippen LogP contribution is 2.12. The molecule has 0 radical (unpaired) electrons. The Hall–Kier alpha value is -2.55. The fourth-order valence-corrected chi connectivity index (χ4v) is 1.83. The highest BCUT2D eigenvalue weighted by Gasteiger charge is 2.20. The molecule has 6 nitrogen and oxygen atoms in total. The first-order valence-electron chi connectivity index (χ1n) is 6.60. The highest BCUT2D eigenvalue weighted by molar-refractivity contribution is 5.67. The van der Waals surface area contributed by atoms with Crippen LogP contribution in [-0.4, -0.2) is 33.0 Å². The van der Waals surface area contributed by atoms with Gasteiger partial charge >= 0.3 is 6.09 Å². The Morgan fingerprint density at radius 2 is 2.14 bits per heavy atom. The van der Waals surface area contributed by atoms with Crippen molar-refractivity contribution in [1.29, 1.82) is 5.26 Å². The van der Waals surface area contributed by atoms with E-state index in [2.05, 4.69) is 11.1 Å². The quantitative estimate of drug-likeness (QED) is 0.850. The number of fused-ring (bicyclic) bond motifs is 1. The van der Waals surface area contributed by atoms with Gasteiger partial charge in [0.05, 0.1) is 17.8 Å². The van der Waals surface area contributed by atoms with E-state index in [4.69, 9.17) is 10.00 Å². The number of carbonyl (C=O) groups excluding carboxylic acids is 1. The zero-order chi connectivity index (χ0) is 15.6. The van der Waals surface area contributed by atoms with Gasteiger partial charge in [-0.05, 0) is 32.9 Å². The van der Waals surface area contributed by atoms with Gasteiger partial charge < -0.3 is 14.0 Å². The van der Waals surface area contributed by atoms with Crippen molar-refractivity contribution in [1.82, 2.24) is 14.3 Å². The molecule has 2 rings (SSSR count). The van der Waals surface area contributed by atoms with E-state index in [1.165, 1.54) is 4.90 Å². The maximum Gasteiger partial charge on any atom is 0.410 e. The molecule has 0 aromatic carbocycles. The van der Waals surface area contributed by atoms with Crippen LogP contribution in [0.4, 0.5) is 4.79 Å². The number of nitriles is 1. The molecule has 2 aromatic heterocycles. The lowest BCUT2D eigenvalue weighted by Gasteiger charge is -2.24. The molecule has 0 bridgehead atoms. The van der Waals surface area contributed by atoms with Crippen LogP contribution in [0.1, 0.15) is 32.0 Å². The van der Waals surface area contributed by atoms with Crippen LogP contribution in [0, 0.1) is 11.3 Å². The third-order valence-corrected chi connectivity index (χ3v) is 2.73. The van der Waals surface area contributed by atoms with Crippen LogP contribution in [0.25, 0.3) is 5.65 Å². The second-order valence-corrected chi connectivity index (χ2v) is 5.86. The Kier molecular flexibility index (Phi) is 3.85. The summed E-state index contributed by atoms with van der Waals surface area (Å²) in [5.41, 5.74) is 1.51. The maximum absolute atomic E-state index is 11.9. The van der Waals surface area contributed by atoms with Crippen LogP contribution in [0.2, 0.25) is 0 Å². The second kappa shape index (κ2) is 5.44. The van der Waals surface area contributed by atoms with E-state index in [-0.39, 0.29) is 0 Å². The van der Waals surface area contributed by atoms with Gasteiger partial charge in [0, 0.05) is 19.4 Å². The lowest BCUT2D eigenvalue weighted by atomic mass is 10.2. The molecule has 0 saturated carbocycles. The van der Waals surface area contributed by atoms with Gasteiger partial charge in [0.25, 0.3) is 0 Å². The number of pyridine rings is 1. The van der Waals surface area contributed by atoms with E-state index in [1.807, 2.05) is 20.8 Å². The van der Waals surface area contributed by atoms with Gasteiger partial charge in [-0.3, -0.25) is 0 Å². The van der Waals surface area contributed by atoms with Gasteiger partial charge in [-0.25, -0.2) is 9.78 Å². The lowest BCUT2D eigenvalue weighted by Crippen LogP contribution is -2.33. The number of ether oxygens (including phenoxy) is 1. The van der Waals surface area contributed by atoms with Gasteiger partial charge in [0.15, 0.2) is 0 Å². The topological polar surface area (TPSA) is 70.6 Å². The minimum Gasteiger partial charge on any atom is -0.444 e. The second-order valence-electron chi connectivity index (χ2n) is 5.86. The number of hydrogen-bond acceptors (Lipinski definition) is 4. The highest BCUT2D eigenvalue weighted by atomic mass is 16.6. The predicted molar refractivity (Wildman–Crippen MR) is 77.6 cm³/mol. The first-order valence-corrected chi connectivity index (χ1v) is 6.60. The number of imidazole rings is 1. The number of hydrogen-bond donors (Lipinski definition) is 0. The van der Waals surface area contributed by atoms with Gasteiger partial charge in [0.2, 0.25) is 0 Å². The Labute approximate surface area is 123 Å². The van der Waals surface area contributed by atoms with Crippen LogP contribution in [0.5, 0.6) is 0 Å². The standard InChI is InChI=1S/C15H18N4O2/c1-15(2,3)21-14(20)18(4)9-12-10-19-8-11(7-16)5-6-13(19)17-12/h5-6,8,10H,9H2,1-4H3. The van der Waals surface area contributed by atoms with Crippen molar-refractivity contribution >= 4 is 11.7 Å². The van der Waals surface area contributed by atoms with Crippen molar-refractivity contribution in [2.75, 3.05) is 7.05 Å². The summed E-state index contributed by atoms with van der Waals surface area (Å²) in [6.07, 6.45) is 3.12. The van der Waals surface area contributed by atoms with Crippen molar-refractivity contribution in [3.8, 4) is 6.07 Å². The molecule has 0 unspecified atom stereocenters. The minimum atomic E-state index is -0.522. The normalized spacial score (nSPS) is 11.2. The molecule has 0 aliphatic carbocycles. The molecule has 0 saturated heterocycles. The van der Waals surface area contributed by atoms with Crippen molar-refractivity contribution in [2.45, 2.75) is 32.9 Å². The SMILES string of the molecule is CN(Cc1cn2cc(C#N)ccc2n1)C(=O)OC(C)(C)C. The summed E-state index contributed by atoms with van der Waals surface area (Å²) in [5.74, 6) is 0. The monoisotopic (exact) mass is 286 g/mol. The molecular formula is C15H18N4O2. The summed E-state index contributed by atoms with van der Waals surface area (Å²) >= 11 is 0.